The van der Waals surface area contributed by atoms with Gasteiger partial charge in [0.1, 0.15) is 23.9 Å². The largest absolute Gasteiger partial charge is 0.492 e. The Kier molecular flexibility index (Phi) is 5.32. The van der Waals surface area contributed by atoms with Crippen LogP contribution in [-0.4, -0.2) is 11.7 Å². The number of aliphatic hydroxyl groups is 1. The summed E-state index contributed by atoms with van der Waals surface area (Å²) in [7, 11) is 0. The Hall–Kier alpha value is -1.65. The van der Waals surface area contributed by atoms with Crippen molar-refractivity contribution in [1.82, 2.24) is 0 Å². The van der Waals surface area contributed by atoms with Gasteiger partial charge in [-0.25, -0.2) is 0 Å². The van der Waals surface area contributed by atoms with Crippen molar-refractivity contribution in [3.8, 4) is 5.75 Å². The van der Waals surface area contributed by atoms with Gasteiger partial charge in [0, 0.05) is 5.69 Å². The minimum atomic E-state index is -0.0880. The maximum Gasteiger partial charge on any atom is 0.138 e. The summed E-state index contributed by atoms with van der Waals surface area (Å²) < 4.78 is 10.9. The van der Waals surface area contributed by atoms with Gasteiger partial charge in [-0.15, -0.1) is 0 Å². The molecular weight excluding hydrogens is 278 g/mol. The van der Waals surface area contributed by atoms with E-state index in [1.54, 1.807) is 6.07 Å². The fraction of sp³-hybridized carbons (Fsp3) is 0.333. The van der Waals surface area contributed by atoms with Gasteiger partial charge >= 0.3 is 0 Å². The van der Waals surface area contributed by atoms with E-state index in [-0.39, 0.29) is 6.61 Å². The molecule has 2 N–H and O–H groups in total. The molecule has 2 rings (SSSR count). The summed E-state index contributed by atoms with van der Waals surface area (Å²) in [5, 5.41) is 12.7. The molecule has 0 amide bonds. The Morgan fingerprint density at radius 2 is 2.05 bits per heavy atom. The van der Waals surface area contributed by atoms with Crippen LogP contribution in [0.15, 0.2) is 34.7 Å². The first-order valence-electron chi connectivity index (χ1n) is 6.57. The molecule has 1 aromatic carbocycles. The number of anilines is 1. The minimum Gasteiger partial charge on any atom is -0.492 e. The molecule has 0 bridgehead atoms. The average molecular weight is 296 g/mol. The Balaban J connectivity index is 1.94. The molecule has 108 valence electrons. The van der Waals surface area contributed by atoms with Crippen molar-refractivity contribution in [2.45, 2.75) is 26.5 Å². The standard InChI is InChI=1S/C15H18ClNO3/c1-2-7-19-15-6-3-11(8-14(15)16)17-9-12-4-5-13(10-18)20-12/h3-6,8,17-18H,2,7,9-10H2,1H3. The average Bonchev–Trinajstić information content (AvgIpc) is 2.92. The number of benzene rings is 1. The molecule has 0 aliphatic heterocycles. The van der Waals surface area contributed by atoms with Gasteiger partial charge in [-0.1, -0.05) is 18.5 Å². The van der Waals surface area contributed by atoms with E-state index in [9.17, 15) is 0 Å². The number of ether oxygens (including phenoxy) is 1. The molecule has 0 aliphatic carbocycles. The molecule has 4 nitrogen and oxygen atoms in total. The summed E-state index contributed by atoms with van der Waals surface area (Å²) in [5.41, 5.74) is 0.890. The molecule has 0 spiro atoms. The number of halogens is 1. The highest BCUT2D eigenvalue weighted by atomic mass is 35.5. The Morgan fingerprint density at radius 3 is 2.70 bits per heavy atom. The third-order valence-corrected chi connectivity index (χ3v) is 3.03. The smallest absolute Gasteiger partial charge is 0.138 e. The minimum absolute atomic E-state index is 0.0880. The van der Waals surface area contributed by atoms with E-state index in [0.29, 0.717) is 29.7 Å². The van der Waals surface area contributed by atoms with Crippen molar-refractivity contribution in [1.29, 1.82) is 0 Å². The van der Waals surface area contributed by atoms with Crippen LogP contribution in [-0.2, 0) is 13.2 Å². The quantitative estimate of drug-likeness (QED) is 0.815. The third-order valence-electron chi connectivity index (χ3n) is 2.73. The highest BCUT2D eigenvalue weighted by Crippen LogP contribution is 2.28. The van der Waals surface area contributed by atoms with Crippen LogP contribution in [0.1, 0.15) is 24.9 Å². The zero-order chi connectivity index (χ0) is 14.4. The first kappa shape index (κ1) is 14.8. The fourth-order valence-electron chi connectivity index (χ4n) is 1.73. The number of hydrogen-bond donors (Lipinski definition) is 2. The van der Waals surface area contributed by atoms with E-state index >= 15 is 0 Å². The van der Waals surface area contributed by atoms with Crippen LogP contribution in [0, 0.1) is 0 Å². The molecule has 0 radical (unpaired) electrons. The Bertz CT molecular complexity index is 554. The zero-order valence-electron chi connectivity index (χ0n) is 11.4. The number of hydrogen-bond acceptors (Lipinski definition) is 4. The van der Waals surface area contributed by atoms with Crippen molar-refractivity contribution in [2.24, 2.45) is 0 Å². The summed E-state index contributed by atoms with van der Waals surface area (Å²) in [5.74, 6) is 2.01. The van der Waals surface area contributed by atoms with Crippen molar-refractivity contribution >= 4 is 17.3 Å². The van der Waals surface area contributed by atoms with Gasteiger partial charge in [-0.2, -0.15) is 0 Å². The van der Waals surface area contributed by atoms with E-state index in [4.69, 9.17) is 25.9 Å². The van der Waals surface area contributed by atoms with Gasteiger partial charge in [0.05, 0.1) is 18.2 Å². The number of rotatable bonds is 7. The lowest BCUT2D eigenvalue weighted by molar-refractivity contribution is 0.244. The van der Waals surface area contributed by atoms with Gasteiger partial charge in [-0.05, 0) is 36.8 Å². The number of aliphatic hydroxyl groups excluding tert-OH is 1. The molecule has 2 aromatic rings. The van der Waals surface area contributed by atoms with Gasteiger partial charge in [-0.3, -0.25) is 0 Å². The second kappa shape index (κ2) is 7.22. The molecular formula is C15H18ClNO3. The van der Waals surface area contributed by atoms with Crippen LogP contribution in [0.25, 0.3) is 0 Å². The molecule has 0 fully saturated rings. The molecule has 0 saturated carbocycles. The van der Waals surface area contributed by atoms with Crippen molar-refractivity contribution < 1.29 is 14.3 Å². The molecule has 1 heterocycles. The summed E-state index contributed by atoms with van der Waals surface area (Å²) in [6, 6.07) is 9.17. The van der Waals surface area contributed by atoms with Crippen LogP contribution in [0.5, 0.6) is 5.75 Å². The zero-order valence-corrected chi connectivity index (χ0v) is 12.1. The fourth-order valence-corrected chi connectivity index (χ4v) is 1.97. The van der Waals surface area contributed by atoms with Crippen LogP contribution in [0.3, 0.4) is 0 Å². The van der Waals surface area contributed by atoms with Crippen LogP contribution in [0.2, 0.25) is 5.02 Å². The van der Waals surface area contributed by atoms with Crippen LogP contribution in [0.4, 0.5) is 5.69 Å². The molecule has 0 atom stereocenters. The Morgan fingerprint density at radius 1 is 1.25 bits per heavy atom. The van der Waals surface area contributed by atoms with E-state index in [2.05, 4.69) is 5.32 Å². The Labute approximate surface area is 123 Å². The number of nitrogens with one attached hydrogen (secondary N) is 1. The lowest BCUT2D eigenvalue weighted by Crippen LogP contribution is -1.99. The molecule has 20 heavy (non-hydrogen) atoms. The van der Waals surface area contributed by atoms with Crippen LogP contribution < -0.4 is 10.1 Å². The second-order valence-corrected chi connectivity index (χ2v) is 4.78. The van der Waals surface area contributed by atoms with E-state index < -0.39 is 0 Å². The first-order valence-corrected chi connectivity index (χ1v) is 6.95. The third kappa shape index (κ3) is 3.92. The van der Waals surface area contributed by atoms with Crippen molar-refractivity contribution in [3.05, 3.63) is 46.9 Å². The summed E-state index contributed by atoms with van der Waals surface area (Å²) in [6.07, 6.45) is 0.946. The molecule has 0 saturated heterocycles. The highest BCUT2D eigenvalue weighted by molar-refractivity contribution is 6.32. The summed E-state index contributed by atoms with van der Waals surface area (Å²) in [6.45, 7) is 3.15. The SMILES string of the molecule is CCCOc1ccc(NCc2ccc(CO)o2)cc1Cl. The second-order valence-electron chi connectivity index (χ2n) is 4.37. The number of furan rings is 1. The molecule has 5 heteroatoms. The van der Waals surface area contributed by atoms with Crippen molar-refractivity contribution in [3.63, 3.8) is 0 Å². The van der Waals surface area contributed by atoms with Crippen molar-refractivity contribution in [2.75, 3.05) is 11.9 Å². The highest BCUT2D eigenvalue weighted by Gasteiger charge is 2.04. The molecule has 0 unspecified atom stereocenters. The lowest BCUT2D eigenvalue weighted by Gasteiger charge is -2.09. The van der Waals surface area contributed by atoms with E-state index in [0.717, 1.165) is 17.9 Å². The van der Waals surface area contributed by atoms with Gasteiger partial charge in [0.2, 0.25) is 0 Å². The maximum absolute atomic E-state index is 8.93. The predicted molar refractivity (Wildman–Crippen MR) is 79.2 cm³/mol. The van der Waals surface area contributed by atoms with Gasteiger partial charge in [0.15, 0.2) is 0 Å². The maximum atomic E-state index is 8.93. The first-order chi connectivity index (χ1) is 9.72. The summed E-state index contributed by atoms with van der Waals surface area (Å²) in [4.78, 5) is 0. The van der Waals surface area contributed by atoms with E-state index in [1.165, 1.54) is 0 Å². The van der Waals surface area contributed by atoms with E-state index in [1.807, 2.05) is 31.2 Å². The van der Waals surface area contributed by atoms with Crippen LogP contribution >= 0.6 is 11.6 Å². The lowest BCUT2D eigenvalue weighted by atomic mass is 10.3. The predicted octanol–water partition coefficient (Wildman–Crippen LogP) is 3.83. The monoisotopic (exact) mass is 295 g/mol. The van der Waals surface area contributed by atoms with Gasteiger partial charge < -0.3 is 19.6 Å². The topological polar surface area (TPSA) is 54.6 Å². The normalized spacial score (nSPS) is 10.6. The molecule has 0 aliphatic rings. The summed E-state index contributed by atoms with van der Waals surface area (Å²) >= 11 is 6.15. The molecule has 1 aromatic heterocycles. The van der Waals surface area contributed by atoms with Gasteiger partial charge in [0.25, 0.3) is 0 Å².